The Labute approximate surface area is 62.4 Å². The standard InChI is InChI=1S/CH4N2O2.Na.H2O/c2-1(4)3-5;;/h(H4,2,3,4,5);;1H2/q;+1;/p-1. The maximum atomic E-state index is 9.17. The minimum atomic E-state index is -1.06. The number of nitrogens with zero attached hydrogens (tertiary/aromatic N) is 1. The maximum absolute atomic E-state index is 9.17. The van der Waals surface area contributed by atoms with Crippen LogP contribution in [0.1, 0.15) is 0 Å². The van der Waals surface area contributed by atoms with Crippen molar-refractivity contribution in [2.24, 2.45) is 5.73 Å². The van der Waals surface area contributed by atoms with E-state index in [0.717, 1.165) is 0 Å². The average molecular weight is 116 g/mol. The Hall–Kier alpha value is 0.190. The van der Waals surface area contributed by atoms with Crippen molar-refractivity contribution in [1.29, 1.82) is 0 Å². The summed E-state index contributed by atoms with van der Waals surface area (Å²) >= 11 is 0. The van der Waals surface area contributed by atoms with E-state index >= 15 is 0 Å². The van der Waals surface area contributed by atoms with E-state index < -0.39 is 6.03 Å². The monoisotopic (exact) mass is 116 g/mol. The van der Waals surface area contributed by atoms with Crippen molar-refractivity contribution in [2.45, 2.75) is 0 Å². The number of primary amides is 1. The molecule has 0 bridgehead atoms. The number of amides is 2. The molecule has 0 aromatic rings. The molecular formula is CH5N2NaO3. The predicted molar refractivity (Wildman–Crippen MR) is 18.3 cm³/mol. The second kappa shape index (κ2) is 9.50. The van der Waals surface area contributed by atoms with Crippen molar-refractivity contribution in [1.82, 2.24) is 0 Å². The third-order valence-corrected chi connectivity index (χ3v) is 0.0986. The van der Waals surface area contributed by atoms with Gasteiger partial charge in [-0.3, -0.25) is 4.79 Å². The summed E-state index contributed by atoms with van der Waals surface area (Å²) in [7, 11) is 0. The first kappa shape index (κ1) is 15.7. The SMILES string of the molecule is NC(=O)[N-]O.O.[Na+]. The summed E-state index contributed by atoms with van der Waals surface area (Å²) in [4.78, 5) is 9.17. The van der Waals surface area contributed by atoms with E-state index in [-0.39, 0.29) is 35.0 Å². The van der Waals surface area contributed by atoms with Gasteiger partial charge in [-0.1, -0.05) is 0 Å². The molecule has 0 heterocycles. The van der Waals surface area contributed by atoms with Crippen molar-refractivity contribution in [3.63, 3.8) is 0 Å². The van der Waals surface area contributed by atoms with Gasteiger partial charge in [-0.05, 0) is 0 Å². The van der Waals surface area contributed by atoms with Crippen LogP contribution in [0.15, 0.2) is 0 Å². The Morgan fingerprint density at radius 3 is 1.86 bits per heavy atom. The van der Waals surface area contributed by atoms with E-state index in [4.69, 9.17) is 5.21 Å². The number of carbonyl (C=O) groups is 1. The van der Waals surface area contributed by atoms with E-state index in [0.29, 0.717) is 0 Å². The molecule has 0 saturated heterocycles. The second-order valence-corrected chi connectivity index (χ2v) is 0.438. The Bertz CT molecular complexity index is 48.2. The predicted octanol–water partition coefficient (Wildman–Crippen LogP) is -3.99. The van der Waals surface area contributed by atoms with Crippen molar-refractivity contribution < 1.29 is 45.0 Å². The zero-order valence-corrected chi connectivity index (χ0v) is 5.88. The van der Waals surface area contributed by atoms with Gasteiger partial charge >= 0.3 is 29.6 Å². The largest absolute Gasteiger partial charge is 1.00 e. The van der Waals surface area contributed by atoms with Gasteiger partial charge in [-0.25, -0.2) is 0 Å². The van der Waals surface area contributed by atoms with Crippen LogP contribution in [0, 0.1) is 0 Å². The number of rotatable bonds is 0. The Balaban J connectivity index is -0.0000000800. The van der Waals surface area contributed by atoms with Crippen molar-refractivity contribution >= 4 is 6.03 Å². The van der Waals surface area contributed by atoms with E-state index in [1.807, 2.05) is 5.48 Å². The molecule has 0 aliphatic heterocycles. The van der Waals surface area contributed by atoms with Crippen LogP contribution in [0.5, 0.6) is 0 Å². The molecular weight excluding hydrogens is 111 g/mol. The smallest absolute Gasteiger partial charge is 0.461 e. The van der Waals surface area contributed by atoms with Gasteiger partial charge in [0.05, 0.1) is 0 Å². The Kier molecular flexibility index (Phi) is 21.3. The Morgan fingerprint density at radius 1 is 1.71 bits per heavy atom. The van der Waals surface area contributed by atoms with Crippen LogP contribution >= 0.6 is 0 Å². The van der Waals surface area contributed by atoms with Gasteiger partial charge in [-0.15, -0.1) is 0 Å². The van der Waals surface area contributed by atoms with Gasteiger partial charge < -0.3 is 21.9 Å². The van der Waals surface area contributed by atoms with E-state index in [1.54, 1.807) is 0 Å². The summed E-state index contributed by atoms with van der Waals surface area (Å²) in [6, 6.07) is -1.06. The van der Waals surface area contributed by atoms with E-state index in [9.17, 15) is 4.79 Å². The molecule has 0 unspecified atom stereocenters. The van der Waals surface area contributed by atoms with E-state index in [1.165, 1.54) is 0 Å². The number of carbonyl (C=O) groups excluding carboxylic acids is 1. The zero-order chi connectivity index (χ0) is 4.28. The molecule has 0 aromatic carbocycles. The molecule has 6 heteroatoms. The minimum absolute atomic E-state index is 0. The topological polar surface area (TPSA) is 109 Å². The summed E-state index contributed by atoms with van der Waals surface area (Å²) in [6.45, 7) is 0. The van der Waals surface area contributed by atoms with Crippen LogP contribution in [0.4, 0.5) is 4.79 Å². The quantitative estimate of drug-likeness (QED) is 0.191. The number of urea groups is 1. The molecule has 2 amide bonds. The number of hydrogen-bond acceptors (Lipinski definition) is 2. The fraction of sp³-hybridized carbons (Fsp3) is 0. The van der Waals surface area contributed by atoms with Crippen molar-refractivity contribution in [3.05, 3.63) is 5.48 Å². The van der Waals surface area contributed by atoms with Gasteiger partial charge in [0.15, 0.2) is 6.03 Å². The maximum Gasteiger partial charge on any atom is 1.00 e. The molecule has 7 heavy (non-hydrogen) atoms. The molecule has 38 valence electrons. The van der Waals surface area contributed by atoms with Crippen molar-refractivity contribution in [3.8, 4) is 0 Å². The fourth-order valence-electron chi connectivity index (χ4n) is 0. The molecule has 0 saturated carbocycles. The van der Waals surface area contributed by atoms with Gasteiger partial charge in [0.1, 0.15) is 0 Å². The van der Waals surface area contributed by atoms with Crippen LogP contribution in [0.2, 0.25) is 0 Å². The van der Waals surface area contributed by atoms with Crippen molar-refractivity contribution in [2.75, 3.05) is 0 Å². The Morgan fingerprint density at radius 2 is 1.86 bits per heavy atom. The first-order chi connectivity index (χ1) is 2.27. The number of nitrogens with two attached hydrogens (primary N) is 1. The summed E-state index contributed by atoms with van der Waals surface area (Å²) in [5, 5.41) is 7.29. The third-order valence-electron chi connectivity index (χ3n) is 0.0986. The van der Waals surface area contributed by atoms with Gasteiger partial charge in [0.2, 0.25) is 0 Å². The second-order valence-electron chi connectivity index (χ2n) is 0.438. The molecule has 0 radical (unpaired) electrons. The summed E-state index contributed by atoms with van der Waals surface area (Å²) < 4.78 is 0. The molecule has 0 fully saturated rings. The van der Waals surface area contributed by atoms with Gasteiger partial charge in [0.25, 0.3) is 0 Å². The summed E-state index contributed by atoms with van der Waals surface area (Å²) in [6.07, 6.45) is 0. The summed E-state index contributed by atoms with van der Waals surface area (Å²) in [5.41, 5.74) is 6.26. The molecule has 0 spiro atoms. The number of hydroxylamine groups is 1. The molecule has 5 nitrogen and oxygen atoms in total. The zero-order valence-electron chi connectivity index (χ0n) is 3.88. The van der Waals surface area contributed by atoms with Crippen LogP contribution in [0.3, 0.4) is 0 Å². The van der Waals surface area contributed by atoms with Crippen LogP contribution in [-0.2, 0) is 0 Å². The molecule has 0 aromatic heterocycles. The van der Waals surface area contributed by atoms with Crippen LogP contribution in [-0.4, -0.2) is 16.7 Å². The first-order valence-electron chi connectivity index (χ1n) is 0.916. The molecule has 0 aliphatic rings. The molecule has 0 rings (SSSR count). The molecule has 0 aliphatic carbocycles. The first-order valence-corrected chi connectivity index (χ1v) is 0.916. The fourth-order valence-corrected chi connectivity index (χ4v) is 0. The third kappa shape index (κ3) is 22.7. The van der Waals surface area contributed by atoms with Gasteiger partial charge in [-0.2, -0.15) is 0 Å². The van der Waals surface area contributed by atoms with Crippen LogP contribution in [0.25, 0.3) is 5.48 Å². The normalized spacial score (nSPS) is 4.71. The molecule has 5 N–H and O–H groups in total. The van der Waals surface area contributed by atoms with Crippen LogP contribution < -0.4 is 35.3 Å². The minimum Gasteiger partial charge on any atom is -0.461 e. The summed E-state index contributed by atoms with van der Waals surface area (Å²) in [5.74, 6) is 0. The van der Waals surface area contributed by atoms with E-state index in [2.05, 4.69) is 5.73 Å². The average Bonchev–Trinajstić information content (AvgIpc) is 1.38. The van der Waals surface area contributed by atoms with Gasteiger partial charge in [0, 0.05) is 0 Å². The number of hydrogen-bond donors (Lipinski definition) is 2. The molecule has 0 atom stereocenters.